The molecule has 0 amide bonds. The van der Waals surface area contributed by atoms with Gasteiger partial charge in [-0.25, -0.2) is 0 Å². The fourth-order valence-electron chi connectivity index (χ4n) is 8.59. The predicted octanol–water partition coefficient (Wildman–Crippen LogP) is 13.3. The van der Waals surface area contributed by atoms with Crippen LogP contribution in [0.4, 0.5) is 0 Å². The quantitative estimate of drug-likeness (QED) is 0.183. The normalized spacial score (nSPS) is 15.4. The summed E-state index contributed by atoms with van der Waals surface area (Å²) in [4.78, 5) is 5.36. The van der Waals surface area contributed by atoms with Crippen molar-refractivity contribution in [2.75, 3.05) is 0 Å². The average molecular weight is 705 g/mol. The standard InChI is InChI=1S/C53H40N2/c1-53(2)46-33-43(49-34-48(54-52(55-49)41-18-10-5-11-19-41)39-26-22-37(23-27-39)35-14-6-3-7-15-35)30-31-45(46)51-47(53)32-42-20-12-13-21-44(42)50(51)40-28-24-38(25-29-40)36-16-8-4-9-17-36/h3-34,52,54H,1-2H3. The molecule has 1 heterocycles. The smallest absolute Gasteiger partial charge is 0.145 e. The van der Waals surface area contributed by atoms with E-state index in [2.05, 4.69) is 213 Å². The maximum atomic E-state index is 5.36. The van der Waals surface area contributed by atoms with E-state index in [1.54, 1.807) is 0 Å². The zero-order valence-corrected chi connectivity index (χ0v) is 31.0. The van der Waals surface area contributed by atoms with Gasteiger partial charge in [-0.3, -0.25) is 4.99 Å². The number of benzene rings is 8. The Morgan fingerprint density at radius 3 is 1.64 bits per heavy atom. The molecule has 2 heteroatoms. The van der Waals surface area contributed by atoms with Crippen LogP contribution in [0.3, 0.4) is 0 Å². The van der Waals surface area contributed by atoms with E-state index in [9.17, 15) is 0 Å². The maximum Gasteiger partial charge on any atom is 0.145 e. The van der Waals surface area contributed by atoms with Crippen LogP contribution < -0.4 is 5.32 Å². The van der Waals surface area contributed by atoms with Gasteiger partial charge in [0.2, 0.25) is 0 Å². The summed E-state index contributed by atoms with van der Waals surface area (Å²) in [5.41, 5.74) is 18.0. The third kappa shape index (κ3) is 5.79. The Labute approximate surface area is 323 Å². The lowest BCUT2D eigenvalue weighted by Crippen LogP contribution is -2.25. The molecule has 262 valence electrons. The van der Waals surface area contributed by atoms with Crippen LogP contribution in [0.25, 0.3) is 61.0 Å². The number of allylic oxidation sites excluding steroid dienone is 1. The van der Waals surface area contributed by atoms with Crippen LogP contribution in [-0.4, -0.2) is 5.71 Å². The zero-order chi connectivity index (χ0) is 36.9. The molecule has 0 bridgehead atoms. The van der Waals surface area contributed by atoms with Gasteiger partial charge in [0.25, 0.3) is 0 Å². The summed E-state index contributed by atoms with van der Waals surface area (Å²) < 4.78 is 0. The molecule has 1 atom stereocenters. The number of nitrogens with zero attached hydrogens (tertiary/aromatic N) is 1. The first-order valence-corrected chi connectivity index (χ1v) is 19.2. The summed E-state index contributed by atoms with van der Waals surface area (Å²) in [6, 6.07) is 68.0. The minimum atomic E-state index is -0.213. The molecule has 0 spiro atoms. The van der Waals surface area contributed by atoms with Crippen molar-refractivity contribution in [2.45, 2.75) is 25.4 Å². The van der Waals surface area contributed by atoms with E-state index in [1.807, 2.05) is 0 Å². The van der Waals surface area contributed by atoms with Crippen molar-refractivity contribution < 1.29 is 0 Å². The summed E-state index contributed by atoms with van der Waals surface area (Å²) >= 11 is 0. The molecule has 2 nitrogen and oxygen atoms in total. The Balaban J connectivity index is 1.09. The number of hydrogen-bond donors (Lipinski definition) is 1. The second-order valence-corrected chi connectivity index (χ2v) is 15.2. The van der Waals surface area contributed by atoms with Crippen molar-refractivity contribution in [3.05, 3.63) is 222 Å². The van der Waals surface area contributed by atoms with Gasteiger partial charge in [-0.1, -0.05) is 190 Å². The van der Waals surface area contributed by atoms with Gasteiger partial charge in [-0.15, -0.1) is 0 Å². The molecule has 55 heavy (non-hydrogen) atoms. The number of fused-ring (bicyclic) bond motifs is 4. The highest BCUT2D eigenvalue weighted by Crippen LogP contribution is 2.54. The molecule has 0 saturated heterocycles. The van der Waals surface area contributed by atoms with Crippen LogP contribution in [0, 0.1) is 0 Å². The van der Waals surface area contributed by atoms with Gasteiger partial charge < -0.3 is 5.32 Å². The first-order valence-electron chi connectivity index (χ1n) is 19.2. The number of hydrogen-bond acceptors (Lipinski definition) is 2. The highest BCUT2D eigenvalue weighted by molar-refractivity contribution is 6.14. The van der Waals surface area contributed by atoms with E-state index < -0.39 is 0 Å². The number of rotatable bonds is 6. The lowest BCUT2D eigenvalue weighted by molar-refractivity contribution is 0.659. The molecule has 1 aliphatic carbocycles. The van der Waals surface area contributed by atoms with Crippen LogP contribution in [0.2, 0.25) is 0 Å². The highest BCUT2D eigenvalue weighted by atomic mass is 15.1. The lowest BCUT2D eigenvalue weighted by Gasteiger charge is -2.26. The van der Waals surface area contributed by atoms with E-state index >= 15 is 0 Å². The van der Waals surface area contributed by atoms with Gasteiger partial charge in [-0.05, 0) is 95.7 Å². The SMILES string of the molecule is CC1(C)c2cc(C3=NC(c4ccccc4)NC(c4ccc(-c5ccccc5)cc4)=C3)ccc2-c2c1cc1ccccc1c2-c1ccc(-c2ccccc2)cc1. The summed E-state index contributed by atoms with van der Waals surface area (Å²) in [5, 5.41) is 6.31. The van der Waals surface area contributed by atoms with Crippen LogP contribution in [0.15, 0.2) is 199 Å². The molecule has 0 radical (unpaired) electrons. The molecule has 1 N–H and O–H groups in total. The monoisotopic (exact) mass is 704 g/mol. The molecular weight excluding hydrogens is 665 g/mol. The number of aliphatic imine (C=N–C) groups is 1. The molecule has 8 aromatic carbocycles. The molecule has 0 fully saturated rings. The van der Waals surface area contributed by atoms with Gasteiger partial charge in [0.15, 0.2) is 0 Å². The van der Waals surface area contributed by atoms with E-state index in [1.165, 1.54) is 66.4 Å². The Bertz CT molecular complexity index is 2760. The fraction of sp³-hybridized carbons (Fsp3) is 0.0755. The fourth-order valence-corrected chi connectivity index (χ4v) is 8.59. The Morgan fingerprint density at radius 1 is 0.455 bits per heavy atom. The summed E-state index contributed by atoms with van der Waals surface area (Å²) in [7, 11) is 0. The molecule has 2 aliphatic rings. The second-order valence-electron chi connectivity index (χ2n) is 15.2. The van der Waals surface area contributed by atoms with E-state index in [0.29, 0.717) is 0 Å². The third-order valence-corrected chi connectivity index (χ3v) is 11.5. The third-order valence-electron chi connectivity index (χ3n) is 11.5. The van der Waals surface area contributed by atoms with Gasteiger partial charge in [-0.2, -0.15) is 0 Å². The van der Waals surface area contributed by atoms with Crippen molar-refractivity contribution in [1.29, 1.82) is 0 Å². The molecule has 0 aromatic heterocycles. The first kappa shape index (κ1) is 32.8. The topological polar surface area (TPSA) is 24.4 Å². The highest BCUT2D eigenvalue weighted by Gasteiger charge is 2.38. The summed E-state index contributed by atoms with van der Waals surface area (Å²) in [5.74, 6) is 0. The van der Waals surface area contributed by atoms with E-state index in [-0.39, 0.29) is 11.6 Å². The largest absolute Gasteiger partial charge is 0.360 e. The van der Waals surface area contributed by atoms with E-state index in [4.69, 9.17) is 4.99 Å². The molecule has 8 aromatic rings. The van der Waals surface area contributed by atoms with Gasteiger partial charge in [0, 0.05) is 16.7 Å². The van der Waals surface area contributed by atoms with Gasteiger partial charge in [0.1, 0.15) is 6.17 Å². The minimum Gasteiger partial charge on any atom is -0.360 e. The van der Waals surface area contributed by atoms with E-state index in [0.717, 1.165) is 28.1 Å². The van der Waals surface area contributed by atoms with Crippen LogP contribution in [-0.2, 0) is 5.41 Å². The summed E-state index contributed by atoms with van der Waals surface area (Å²) in [6.45, 7) is 4.76. The van der Waals surface area contributed by atoms with Crippen molar-refractivity contribution >= 4 is 22.2 Å². The zero-order valence-electron chi connectivity index (χ0n) is 31.0. The lowest BCUT2D eigenvalue weighted by atomic mass is 9.80. The Hall–Kier alpha value is -6.77. The van der Waals surface area contributed by atoms with Crippen molar-refractivity contribution in [3.8, 4) is 44.5 Å². The molecule has 1 aliphatic heterocycles. The van der Waals surface area contributed by atoms with Crippen molar-refractivity contribution in [2.24, 2.45) is 4.99 Å². The number of nitrogens with one attached hydrogen (secondary N) is 1. The van der Waals surface area contributed by atoms with Crippen LogP contribution >= 0.6 is 0 Å². The molecule has 10 rings (SSSR count). The van der Waals surface area contributed by atoms with Crippen LogP contribution in [0.5, 0.6) is 0 Å². The first-order chi connectivity index (χ1) is 27.0. The van der Waals surface area contributed by atoms with Gasteiger partial charge >= 0.3 is 0 Å². The van der Waals surface area contributed by atoms with Gasteiger partial charge in [0.05, 0.1) is 5.71 Å². The predicted molar refractivity (Wildman–Crippen MR) is 231 cm³/mol. The Kier molecular flexibility index (Phi) is 7.92. The second kappa shape index (κ2) is 13.3. The summed E-state index contributed by atoms with van der Waals surface area (Å²) in [6.07, 6.45) is 2.01. The molecular formula is C53H40N2. The maximum absolute atomic E-state index is 5.36. The average Bonchev–Trinajstić information content (AvgIpc) is 3.48. The van der Waals surface area contributed by atoms with Crippen molar-refractivity contribution in [3.63, 3.8) is 0 Å². The molecule has 1 unspecified atom stereocenters. The molecule has 0 saturated carbocycles. The van der Waals surface area contributed by atoms with Crippen LogP contribution in [0.1, 0.15) is 47.8 Å². The Morgan fingerprint density at radius 2 is 0.982 bits per heavy atom. The van der Waals surface area contributed by atoms with Crippen molar-refractivity contribution in [1.82, 2.24) is 5.32 Å². The minimum absolute atomic E-state index is 0.209.